The Hall–Kier alpha value is -2.58. The Balaban J connectivity index is 1.56. The molecule has 0 unspecified atom stereocenters. The van der Waals surface area contributed by atoms with E-state index in [1.54, 1.807) is 42.8 Å². The molecule has 0 spiro atoms. The van der Waals surface area contributed by atoms with Gasteiger partial charge in [-0.3, -0.25) is 4.79 Å². The molecule has 1 saturated heterocycles. The summed E-state index contributed by atoms with van der Waals surface area (Å²) in [5, 5.41) is 2.65. The number of amides is 1. The molecule has 2 aromatic rings. The van der Waals surface area contributed by atoms with Crippen LogP contribution in [-0.2, 0) is 21.2 Å². The molecule has 31 heavy (non-hydrogen) atoms. The summed E-state index contributed by atoms with van der Waals surface area (Å²) in [6.07, 6.45) is 3.57. The topological polar surface area (TPSA) is 84.9 Å². The van der Waals surface area contributed by atoms with Crippen molar-refractivity contribution in [1.29, 1.82) is 0 Å². The van der Waals surface area contributed by atoms with Gasteiger partial charge in [0.15, 0.2) is 0 Å². The number of carbonyl (C=O) groups is 1. The Kier molecular flexibility index (Phi) is 7.56. The van der Waals surface area contributed by atoms with Crippen molar-refractivity contribution in [3.8, 4) is 11.5 Å². The van der Waals surface area contributed by atoms with Gasteiger partial charge in [0, 0.05) is 31.8 Å². The van der Waals surface area contributed by atoms with E-state index >= 15 is 0 Å². The Morgan fingerprint density at radius 3 is 2.13 bits per heavy atom. The monoisotopic (exact) mass is 446 g/mol. The number of hydrogen-bond acceptors (Lipinski definition) is 5. The van der Waals surface area contributed by atoms with Crippen LogP contribution in [0.4, 0.5) is 5.69 Å². The van der Waals surface area contributed by atoms with Gasteiger partial charge in [-0.15, -0.1) is 0 Å². The average molecular weight is 447 g/mol. The van der Waals surface area contributed by atoms with Crippen molar-refractivity contribution in [2.45, 2.75) is 37.5 Å². The maximum atomic E-state index is 13.0. The number of methoxy groups -OCH3 is 2. The molecule has 7 nitrogen and oxygen atoms in total. The van der Waals surface area contributed by atoms with E-state index in [1.807, 2.05) is 18.2 Å². The van der Waals surface area contributed by atoms with Crippen LogP contribution in [0.1, 0.15) is 31.7 Å². The van der Waals surface area contributed by atoms with Crippen molar-refractivity contribution in [1.82, 2.24) is 4.31 Å². The Morgan fingerprint density at radius 1 is 1.03 bits per heavy atom. The molecule has 1 amide bonds. The highest BCUT2D eigenvalue weighted by Crippen LogP contribution is 2.29. The number of nitrogens with zero attached hydrogens (tertiary/aromatic N) is 1. The van der Waals surface area contributed by atoms with Gasteiger partial charge >= 0.3 is 0 Å². The van der Waals surface area contributed by atoms with Crippen molar-refractivity contribution in [2.24, 2.45) is 5.92 Å². The standard InChI is InChI=1S/C23H30N2O5S/c1-17(26)24-20-6-8-23(9-7-20)31(27,28)25-12-10-18(11-13-25)4-5-19-14-21(29-2)16-22(15-19)30-3/h6-9,14-16,18H,4-5,10-13H2,1-3H3,(H,24,26). The van der Waals surface area contributed by atoms with Gasteiger partial charge < -0.3 is 14.8 Å². The molecule has 2 aromatic carbocycles. The van der Waals surface area contributed by atoms with E-state index in [0.29, 0.717) is 24.7 Å². The molecule has 1 heterocycles. The number of carbonyl (C=O) groups excluding carboxylic acids is 1. The van der Waals surface area contributed by atoms with E-state index in [2.05, 4.69) is 5.32 Å². The highest BCUT2D eigenvalue weighted by Gasteiger charge is 2.29. The lowest BCUT2D eigenvalue weighted by Gasteiger charge is -2.31. The molecule has 0 aromatic heterocycles. The van der Waals surface area contributed by atoms with Gasteiger partial charge in [-0.1, -0.05) is 0 Å². The first-order valence-corrected chi connectivity index (χ1v) is 11.9. The van der Waals surface area contributed by atoms with Crippen molar-refractivity contribution in [3.05, 3.63) is 48.0 Å². The molecule has 0 bridgehead atoms. The molecule has 0 saturated carbocycles. The van der Waals surface area contributed by atoms with Gasteiger partial charge in [0.2, 0.25) is 15.9 Å². The van der Waals surface area contributed by atoms with Crippen molar-refractivity contribution < 1.29 is 22.7 Å². The lowest BCUT2D eigenvalue weighted by Crippen LogP contribution is -2.38. The fourth-order valence-electron chi connectivity index (χ4n) is 3.88. The summed E-state index contributed by atoms with van der Waals surface area (Å²) in [6.45, 7) is 2.45. The zero-order valence-electron chi connectivity index (χ0n) is 18.3. The number of piperidine rings is 1. The minimum absolute atomic E-state index is 0.190. The number of anilines is 1. The number of sulfonamides is 1. The molecule has 1 aliphatic heterocycles. The highest BCUT2D eigenvalue weighted by molar-refractivity contribution is 7.89. The first-order valence-electron chi connectivity index (χ1n) is 10.4. The molecule has 0 atom stereocenters. The maximum absolute atomic E-state index is 13.0. The fourth-order valence-corrected chi connectivity index (χ4v) is 5.35. The predicted octanol–water partition coefficient (Wildman–Crippen LogP) is 3.70. The third-order valence-electron chi connectivity index (χ3n) is 5.64. The largest absolute Gasteiger partial charge is 0.497 e. The SMILES string of the molecule is COc1cc(CCC2CCN(S(=O)(=O)c3ccc(NC(C)=O)cc3)CC2)cc(OC)c1. The van der Waals surface area contributed by atoms with Crippen molar-refractivity contribution in [2.75, 3.05) is 32.6 Å². The summed E-state index contributed by atoms with van der Waals surface area (Å²) in [5.74, 6) is 1.84. The molecular formula is C23H30N2O5S. The van der Waals surface area contributed by atoms with Crippen LogP contribution in [0.15, 0.2) is 47.4 Å². The second kappa shape index (κ2) is 10.2. The molecule has 0 aliphatic carbocycles. The predicted molar refractivity (Wildman–Crippen MR) is 120 cm³/mol. The maximum Gasteiger partial charge on any atom is 0.243 e. The fraction of sp³-hybridized carbons (Fsp3) is 0.435. The molecule has 1 aliphatic rings. The molecule has 168 valence electrons. The van der Waals surface area contributed by atoms with Crippen LogP contribution in [0.3, 0.4) is 0 Å². The molecule has 0 radical (unpaired) electrons. The van der Waals surface area contributed by atoms with Gasteiger partial charge in [0.1, 0.15) is 11.5 Å². The van der Waals surface area contributed by atoms with Crippen LogP contribution in [0, 0.1) is 5.92 Å². The van der Waals surface area contributed by atoms with Gasteiger partial charge in [-0.25, -0.2) is 8.42 Å². The van der Waals surface area contributed by atoms with Crippen LogP contribution in [0.25, 0.3) is 0 Å². The van der Waals surface area contributed by atoms with Crippen molar-refractivity contribution >= 4 is 21.6 Å². The lowest BCUT2D eigenvalue weighted by molar-refractivity contribution is -0.114. The second-order valence-corrected chi connectivity index (χ2v) is 9.75. The minimum Gasteiger partial charge on any atom is -0.497 e. The normalized spacial score (nSPS) is 15.5. The Labute approximate surface area is 184 Å². The first-order chi connectivity index (χ1) is 14.8. The summed E-state index contributed by atoms with van der Waals surface area (Å²) < 4.78 is 38.1. The van der Waals surface area contributed by atoms with E-state index in [9.17, 15) is 13.2 Å². The number of hydrogen-bond donors (Lipinski definition) is 1. The van der Waals surface area contributed by atoms with Crippen molar-refractivity contribution in [3.63, 3.8) is 0 Å². The number of aryl methyl sites for hydroxylation is 1. The first kappa shape index (κ1) is 23.1. The highest BCUT2D eigenvalue weighted by atomic mass is 32.2. The second-order valence-electron chi connectivity index (χ2n) is 7.81. The summed E-state index contributed by atoms with van der Waals surface area (Å²) >= 11 is 0. The molecule has 3 rings (SSSR count). The smallest absolute Gasteiger partial charge is 0.243 e. The molecule has 8 heteroatoms. The summed E-state index contributed by atoms with van der Waals surface area (Å²) in [7, 11) is -0.246. The number of benzene rings is 2. The third kappa shape index (κ3) is 5.98. The van der Waals surface area contributed by atoms with Gasteiger partial charge in [0.05, 0.1) is 19.1 Å². The van der Waals surface area contributed by atoms with E-state index in [-0.39, 0.29) is 10.8 Å². The van der Waals surface area contributed by atoms with Crippen LogP contribution < -0.4 is 14.8 Å². The quantitative estimate of drug-likeness (QED) is 0.668. The van der Waals surface area contributed by atoms with Crippen LogP contribution in [0.2, 0.25) is 0 Å². The van der Waals surface area contributed by atoms with Crippen LogP contribution in [0.5, 0.6) is 11.5 Å². The average Bonchev–Trinajstić information content (AvgIpc) is 2.77. The molecule has 1 fully saturated rings. The van der Waals surface area contributed by atoms with Gasteiger partial charge in [-0.05, 0) is 73.6 Å². The van der Waals surface area contributed by atoms with Crippen LogP contribution >= 0.6 is 0 Å². The van der Waals surface area contributed by atoms with E-state index < -0.39 is 10.0 Å². The Bertz CT molecular complexity index is 975. The van der Waals surface area contributed by atoms with Gasteiger partial charge in [-0.2, -0.15) is 4.31 Å². The number of rotatable bonds is 8. The van der Waals surface area contributed by atoms with E-state index in [0.717, 1.165) is 42.7 Å². The van der Waals surface area contributed by atoms with Crippen LogP contribution in [-0.4, -0.2) is 45.9 Å². The summed E-state index contributed by atoms with van der Waals surface area (Å²) in [5.41, 5.74) is 1.74. The lowest BCUT2D eigenvalue weighted by atomic mass is 9.91. The van der Waals surface area contributed by atoms with E-state index in [4.69, 9.17) is 9.47 Å². The third-order valence-corrected chi connectivity index (χ3v) is 7.55. The zero-order valence-corrected chi connectivity index (χ0v) is 19.1. The summed E-state index contributed by atoms with van der Waals surface area (Å²) in [6, 6.07) is 12.2. The molecule has 1 N–H and O–H groups in total. The molecular weight excluding hydrogens is 416 g/mol. The number of nitrogens with one attached hydrogen (secondary N) is 1. The zero-order chi connectivity index (χ0) is 22.4. The minimum atomic E-state index is -3.53. The van der Waals surface area contributed by atoms with Gasteiger partial charge in [0.25, 0.3) is 0 Å². The number of ether oxygens (including phenoxy) is 2. The Morgan fingerprint density at radius 2 is 1.61 bits per heavy atom. The summed E-state index contributed by atoms with van der Waals surface area (Å²) in [4.78, 5) is 11.4. The van der Waals surface area contributed by atoms with E-state index in [1.165, 1.54) is 6.92 Å².